The predicted molar refractivity (Wildman–Crippen MR) is 80.8 cm³/mol. The summed E-state index contributed by atoms with van der Waals surface area (Å²) in [5, 5.41) is 0.615. The maximum Gasteiger partial charge on any atom is 0.262 e. The van der Waals surface area contributed by atoms with Gasteiger partial charge in [0.25, 0.3) is 10.0 Å². The number of aryl methyl sites for hydroxylation is 1. The van der Waals surface area contributed by atoms with Gasteiger partial charge >= 0.3 is 0 Å². The van der Waals surface area contributed by atoms with Gasteiger partial charge in [0.15, 0.2) is 0 Å². The summed E-state index contributed by atoms with van der Waals surface area (Å²) >= 11 is 5.85. The van der Waals surface area contributed by atoms with E-state index in [0.717, 1.165) is 11.1 Å². The summed E-state index contributed by atoms with van der Waals surface area (Å²) in [5.41, 5.74) is 3.06. The third kappa shape index (κ3) is 2.32. The van der Waals surface area contributed by atoms with Crippen molar-refractivity contribution in [2.24, 2.45) is 0 Å². The van der Waals surface area contributed by atoms with Crippen LogP contribution in [-0.2, 0) is 10.0 Å². The van der Waals surface area contributed by atoms with Gasteiger partial charge in [0.05, 0.1) is 10.6 Å². The first-order chi connectivity index (χ1) is 9.45. The van der Waals surface area contributed by atoms with E-state index in [2.05, 4.69) is 4.72 Å². The summed E-state index contributed by atoms with van der Waals surface area (Å²) in [6.07, 6.45) is 1.84. The van der Waals surface area contributed by atoms with Crippen molar-refractivity contribution in [3.63, 3.8) is 0 Å². The van der Waals surface area contributed by atoms with Gasteiger partial charge in [-0.25, -0.2) is 8.42 Å². The third-order valence-electron chi connectivity index (χ3n) is 3.15. The molecule has 0 bridgehead atoms. The van der Waals surface area contributed by atoms with Gasteiger partial charge in [-0.1, -0.05) is 41.4 Å². The van der Waals surface area contributed by atoms with Crippen molar-refractivity contribution in [3.05, 3.63) is 64.2 Å². The zero-order chi connectivity index (χ0) is 14.3. The number of halogens is 1. The van der Waals surface area contributed by atoms with Crippen molar-refractivity contribution in [1.82, 2.24) is 4.72 Å². The number of benzene rings is 2. The molecule has 0 spiro atoms. The van der Waals surface area contributed by atoms with Gasteiger partial charge < -0.3 is 0 Å². The molecule has 0 amide bonds. The standard InChI is InChI=1S/C15H12ClNO2S/c1-10-2-7-15-12(8-10)9-14(17-20(15,18)19)11-3-5-13(16)6-4-11/h2-9,17H,1H3. The lowest BCUT2D eigenvalue weighted by molar-refractivity contribution is 0.591. The van der Waals surface area contributed by atoms with E-state index in [4.69, 9.17) is 11.6 Å². The second-order valence-corrected chi connectivity index (χ2v) is 6.80. The molecule has 5 heteroatoms. The molecule has 0 saturated heterocycles. The van der Waals surface area contributed by atoms with Crippen molar-refractivity contribution >= 4 is 33.4 Å². The SMILES string of the molecule is Cc1ccc2c(c1)C=C(c1ccc(Cl)cc1)NS2(=O)=O. The second kappa shape index (κ2) is 4.65. The Labute approximate surface area is 123 Å². The molecule has 102 valence electrons. The van der Waals surface area contributed by atoms with Crippen LogP contribution in [0.4, 0.5) is 0 Å². The Bertz CT molecular complexity index is 808. The summed E-state index contributed by atoms with van der Waals surface area (Å²) in [5.74, 6) is 0. The highest BCUT2D eigenvalue weighted by Gasteiger charge is 2.24. The van der Waals surface area contributed by atoms with Gasteiger partial charge in [0, 0.05) is 5.02 Å². The minimum absolute atomic E-state index is 0.306. The van der Waals surface area contributed by atoms with Crippen molar-refractivity contribution in [2.75, 3.05) is 0 Å². The Morgan fingerprint density at radius 2 is 1.75 bits per heavy atom. The number of hydrogen-bond donors (Lipinski definition) is 1. The molecule has 2 aromatic carbocycles. The molecule has 3 rings (SSSR count). The van der Waals surface area contributed by atoms with Crippen molar-refractivity contribution in [2.45, 2.75) is 11.8 Å². The largest absolute Gasteiger partial charge is 0.279 e. The van der Waals surface area contributed by atoms with E-state index in [9.17, 15) is 8.42 Å². The van der Waals surface area contributed by atoms with Gasteiger partial charge in [-0.2, -0.15) is 0 Å². The Balaban J connectivity index is 2.18. The average Bonchev–Trinajstić information content (AvgIpc) is 2.38. The zero-order valence-electron chi connectivity index (χ0n) is 10.7. The predicted octanol–water partition coefficient (Wildman–Crippen LogP) is 3.44. The van der Waals surface area contributed by atoms with Crippen LogP contribution in [-0.4, -0.2) is 8.42 Å². The fourth-order valence-electron chi connectivity index (χ4n) is 2.18. The number of rotatable bonds is 1. The Morgan fingerprint density at radius 3 is 2.45 bits per heavy atom. The molecule has 0 unspecified atom stereocenters. The van der Waals surface area contributed by atoms with Gasteiger partial charge in [-0.15, -0.1) is 0 Å². The summed E-state index contributed by atoms with van der Waals surface area (Å²) in [4.78, 5) is 0.306. The minimum Gasteiger partial charge on any atom is -0.279 e. The number of sulfonamides is 1. The molecule has 0 radical (unpaired) electrons. The first-order valence-electron chi connectivity index (χ1n) is 6.07. The zero-order valence-corrected chi connectivity index (χ0v) is 12.3. The monoisotopic (exact) mass is 305 g/mol. The van der Waals surface area contributed by atoms with E-state index in [-0.39, 0.29) is 0 Å². The normalized spacial score (nSPS) is 16.0. The molecule has 1 aliphatic heterocycles. The van der Waals surface area contributed by atoms with Crippen molar-refractivity contribution in [1.29, 1.82) is 0 Å². The van der Waals surface area contributed by atoms with E-state index >= 15 is 0 Å². The van der Waals surface area contributed by atoms with E-state index < -0.39 is 10.0 Å². The highest BCUT2D eigenvalue weighted by atomic mass is 35.5. The molecule has 0 atom stereocenters. The first-order valence-corrected chi connectivity index (χ1v) is 7.93. The van der Waals surface area contributed by atoms with Crippen molar-refractivity contribution in [3.8, 4) is 0 Å². The van der Waals surface area contributed by atoms with E-state index in [1.54, 1.807) is 36.4 Å². The first kappa shape index (κ1) is 13.2. The summed E-state index contributed by atoms with van der Waals surface area (Å²) in [6, 6.07) is 12.3. The molecule has 0 aliphatic carbocycles. The van der Waals surface area contributed by atoms with Crippen molar-refractivity contribution < 1.29 is 8.42 Å². The molecule has 2 aromatic rings. The molecule has 0 fully saturated rings. The molecule has 0 aromatic heterocycles. The number of nitrogens with one attached hydrogen (secondary N) is 1. The maximum atomic E-state index is 12.3. The van der Waals surface area contributed by atoms with E-state index in [1.165, 1.54) is 0 Å². The summed E-state index contributed by atoms with van der Waals surface area (Å²) < 4.78 is 27.1. The molecular weight excluding hydrogens is 294 g/mol. The third-order valence-corrected chi connectivity index (χ3v) is 4.85. The number of fused-ring (bicyclic) bond motifs is 1. The molecule has 1 aliphatic rings. The van der Waals surface area contributed by atoms with Crippen LogP contribution in [0, 0.1) is 6.92 Å². The smallest absolute Gasteiger partial charge is 0.262 e. The highest BCUT2D eigenvalue weighted by molar-refractivity contribution is 7.90. The second-order valence-electron chi connectivity index (χ2n) is 4.71. The topological polar surface area (TPSA) is 46.2 Å². The molecule has 0 saturated carbocycles. The lowest BCUT2D eigenvalue weighted by atomic mass is 10.1. The molecule has 1 heterocycles. The van der Waals surface area contributed by atoms with Gasteiger partial charge in [0.1, 0.15) is 0 Å². The fourth-order valence-corrected chi connectivity index (χ4v) is 3.56. The van der Waals surface area contributed by atoms with Crippen LogP contribution in [0.15, 0.2) is 47.4 Å². The van der Waals surface area contributed by atoms with Gasteiger partial charge in [0.2, 0.25) is 0 Å². The Hall–Kier alpha value is -1.78. The Morgan fingerprint density at radius 1 is 1.05 bits per heavy atom. The molecule has 20 heavy (non-hydrogen) atoms. The van der Waals surface area contributed by atoms with Crippen LogP contribution in [0.2, 0.25) is 5.02 Å². The Kier molecular flexibility index (Phi) is 3.07. The van der Waals surface area contributed by atoms with Gasteiger partial charge in [-0.3, -0.25) is 4.72 Å². The van der Waals surface area contributed by atoms with Crippen LogP contribution in [0.1, 0.15) is 16.7 Å². The van der Waals surface area contributed by atoms with Crippen LogP contribution in [0.5, 0.6) is 0 Å². The summed E-state index contributed by atoms with van der Waals surface area (Å²) in [6.45, 7) is 1.94. The lowest BCUT2D eigenvalue weighted by Crippen LogP contribution is -2.26. The quantitative estimate of drug-likeness (QED) is 0.877. The average molecular weight is 306 g/mol. The van der Waals surface area contributed by atoms with Crippen LogP contribution in [0.25, 0.3) is 11.8 Å². The van der Waals surface area contributed by atoms with Crippen LogP contribution < -0.4 is 4.72 Å². The van der Waals surface area contributed by atoms with E-state index in [1.807, 2.05) is 19.1 Å². The van der Waals surface area contributed by atoms with E-state index in [0.29, 0.717) is 21.2 Å². The van der Waals surface area contributed by atoms with Crippen LogP contribution in [0.3, 0.4) is 0 Å². The lowest BCUT2D eigenvalue weighted by Gasteiger charge is -2.19. The summed E-state index contributed by atoms with van der Waals surface area (Å²) in [7, 11) is -3.52. The van der Waals surface area contributed by atoms with Crippen LogP contribution >= 0.6 is 11.6 Å². The number of hydrogen-bond acceptors (Lipinski definition) is 2. The minimum atomic E-state index is -3.52. The van der Waals surface area contributed by atoms with Gasteiger partial charge in [-0.05, 0) is 42.3 Å². The molecule has 1 N–H and O–H groups in total. The molecular formula is C15H12ClNO2S. The molecule has 3 nitrogen and oxygen atoms in total. The fraction of sp³-hybridized carbons (Fsp3) is 0.0667. The maximum absolute atomic E-state index is 12.3. The highest BCUT2D eigenvalue weighted by Crippen LogP contribution is 2.29.